The van der Waals surface area contributed by atoms with Crippen LogP contribution in [0.5, 0.6) is 0 Å². The van der Waals surface area contributed by atoms with Crippen LogP contribution < -0.4 is 5.32 Å². The van der Waals surface area contributed by atoms with Gasteiger partial charge in [-0.1, -0.05) is 18.2 Å². The number of nitrogens with zero attached hydrogens (tertiary/aromatic N) is 1. The third-order valence-corrected chi connectivity index (χ3v) is 6.15. The fourth-order valence-electron chi connectivity index (χ4n) is 3.14. The number of benzene rings is 1. The highest BCUT2D eigenvalue weighted by molar-refractivity contribution is 7.91. The highest BCUT2D eigenvalue weighted by Gasteiger charge is 2.38. The Labute approximate surface area is 129 Å². The minimum absolute atomic E-state index is 0.00973. The summed E-state index contributed by atoms with van der Waals surface area (Å²) in [6, 6.07) is 6.94. The molecular formula is C15H18N2O4S. The average molecular weight is 322 g/mol. The maximum Gasteiger partial charge on any atom is 0.230 e. The zero-order valence-electron chi connectivity index (χ0n) is 12.3. The summed E-state index contributed by atoms with van der Waals surface area (Å²) < 4.78 is 23.2. The van der Waals surface area contributed by atoms with Crippen LogP contribution in [0.15, 0.2) is 24.3 Å². The molecule has 2 amide bonds. The van der Waals surface area contributed by atoms with Gasteiger partial charge in [0.05, 0.1) is 17.4 Å². The van der Waals surface area contributed by atoms with Crippen LogP contribution in [-0.2, 0) is 19.4 Å². The first kappa shape index (κ1) is 15.0. The SMILES string of the molecule is CN(C(=O)[C@H]1CC(=O)Nc2ccccc21)[C@@H]1CCS(=O)(=O)C1. The number of para-hydroxylation sites is 1. The topological polar surface area (TPSA) is 83.6 Å². The first-order valence-electron chi connectivity index (χ1n) is 7.23. The van der Waals surface area contributed by atoms with E-state index in [1.807, 2.05) is 12.1 Å². The fourth-order valence-corrected chi connectivity index (χ4v) is 4.91. The molecule has 0 saturated carbocycles. The largest absolute Gasteiger partial charge is 0.341 e. The Bertz CT molecular complexity index is 729. The Balaban J connectivity index is 1.85. The second-order valence-corrected chi connectivity index (χ2v) is 8.13. The van der Waals surface area contributed by atoms with Crippen molar-refractivity contribution in [1.82, 2.24) is 4.90 Å². The molecule has 22 heavy (non-hydrogen) atoms. The Morgan fingerprint density at radius 1 is 1.32 bits per heavy atom. The molecule has 0 aromatic heterocycles. The number of carbonyl (C=O) groups is 2. The first-order valence-corrected chi connectivity index (χ1v) is 9.05. The van der Waals surface area contributed by atoms with Gasteiger partial charge in [-0.15, -0.1) is 0 Å². The smallest absolute Gasteiger partial charge is 0.230 e. The van der Waals surface area contributed by atoms with E-state index in [-0.39, 0.29) is 35.8 Å². The predicted octanol–water partition coefficient (Wildman–Crippen LogP) is 0.758. The molecule has 1 aromatic carbocycles. The van der Waals surface area contributed by atoms with Gasteiger partial charge in [-0.3, -0.25) is 9.59 Å². The van der Waals surface area contributed by atoms with Crippen LogP contribution in [-0.4, -0.2) is 49.7 Å². The van der Waals surface area contributed by atoms with Crippen molar-refractivity contribution >= 4 is 27.3 Å². The maximum absolute atomic E-state index is 12.8. The number of nitrogens with one attached hydrogen (secondary N) is 1. The van der Waals surface area contributed by atoms with E-state index in [4.69, 9.17) is 0 Å². The molecule has 3 rings (SSSR count). The molecule has 1 fully saturated rings. The van der Waals surface area contributed by atoms with Gasteiger partial charge >= 0.3 is 0 Å². The first-order chi connectivity index (χ1) is 10.4. The summed E-state index contributed by atoms with van der Waals surface area (Å²) in [4.78, 5) is 26.1. The van der Waals surface area contributed by atoms with Crippen molar-refractivity contribution in [1.29, 1.82) is 0 Å². The lowest BCUT2D eigenvalue weighted by molar-refractivity contribution is -0.135. The summed E-state index contributed by atoms with van der Waals surface area (Å²) in [5, 5.41) is 2.76. The van der Waals surface area contributed by atoms with Crippen molar-refractivity contribution in [3.05, 3.63) is 29.8 Å². The van der Waals surface area contributed by atoms with Crippen molar-refractivity contribution in [2.45, 2.75) is 24.8 Å². The molecule has 1 saturated heterocycles. The predicted molar refractivity (Wildman–Crippen MR) is 82.3 cm³/mol. The minimum atomic E-state index is -3.05. The summed E-state index contributed by atoms with van der Waals surface area (Å²) in [5.74, 6) is -0.792. The van der Waals surface area contributed by atoms with Gasteiger partial charge in [-0.2, -0.15) is 0 Å². The number of fused-ring (bicyclic) bond motifs is 1. The van der Waals surface area contributed by atoms with Crippen LogP contribution in [0.1, 0.15) is 24.3 Å². The Hall–Kier alpha value is -1.89. The summed E-state index contributed by atoms with van der Waals surface area (Å²) in [7, 11) is -1.42. The molecule has 6 nitrogen and oxygen atoms in total. The van der Waals surface area contributed by atoms with Crippen LogP contribution in [0, 0.1) is 0 Å². The van der Waals surface area contributed by atoms with E-state index >= 15 is 0 Å². The van der Waals surface area contributed by atoms with Crippen LogP contribution in [0.25, 0.3) is 0 Å². The molecule has 0 bridgehead atoms. The van der Waals surface area contributed by atoms with Gasteiger partial charge in [-0.25, -0.2) is 8.42 Å². The highest BCUT2D eigenvalue weighted by Crippen LogP contribution is 2.34. The lowest BCUT2D eigenvalue weighted by atomic mass is 9.89. The molecule has 0 radical (unpaired) electrons. The second kappa shape index (κ2) is 5.39. The number of sulfone groups is 1. The van der Waals surface area contributed by atoms with Crippen LogP contribution in [0.4, 0.5) is 5.69 Å². The molecule has 2 aliphatic heterocycles. The number of hydrogen-bond acceptors (Lipinski definition) is 4. The highest BCUT2D eigenvalue weighted by atomic mass is 32.2. The summed E-state index contributed by atoms with van der Waals surface area (Å²) in [6.07, 6.45) is 0.560. The van der Waals surface area contributed by atoms with Gasteiger partial charge in [0.25, 0.3) is 0 Å². The lowest BCUT2D eigenvalue weighted by Gasteiger charge is -2.31. The van der Waals surface area contributed by atoms with E-state index in [9.17, 15) is 18.0 Å². The van der Waals surface area contributed by atoms with Crippen molar-refractivity contribution in [2.24, 2.45) is 0 Å². The summed E-state index contributed by atoms with van der Waals surface area (Å²) >= 11 is 0. The molecule has 0 spiro atoms. The van der Waals surface area contributed by atoms with Crippen molar-refractivity contribution in [3.63, 3.8) is 0 Å². The lowest BCUT2D eigenvalue weighted by Crippen LogP contribution is -2.42. The number of hydrogen-bond donors (Lipinski definition) is 1. The average Bonchev–Trinajstić information content (AvgIpc) is 2.85. The van der Waals surface area contributed by atoms with E-state index in [2.05, 4.69) is 5.32 Å². The zero-order valence-corrected chi connectivity index (χ0v) is 13.1. The maximum atomic E-state index is 12.8. The molecule has 7 heteroatoms. The summed E-state index contributed by atoms with van der Waals surface area (Å²) in [6.45, 7) is 0. The molecule has 0 aliphatic carbocycles. The van der Waals surface area contributed by atoms with Crippen molar-refractivity contribution in [2.75, 3.05) is 23.9 Å². The normalized spacial score (nSPS) is 26.1. The molecule has 0 unspecified atom stereocenters. The quantitative estimate of drug-likeness (QED) is 0.871. The van der Waals surface area contributed by atoms with Gasteiger partial charge in [0, 0.05) is 25.2 Å². The molecule has 2 atom stereocenters. The van der Waals surface area contributed by atoms with E-state index in [0.29, 0.717) is 12.1 Å². The van der Waals surface area contributed by atoms with E-state index in [1.165, 1.54) is 4.90 Å². The van der Waals surface area contributed by atoms with Gasteiger partial charge < -0.3 is 10.2 Å². The Kier molecular flexibility index (Phi) is 3.68. The zero-order chi connectivity index (χ0) is 15.9. The number of likely N-dealkylation sites (N-methyl/N-ethyl adjacent to an activating group) is 1. The van der Waals surface area contributed by atoms with Gasteiger partial charge in [0.1, 0.15) is 0 Å². The molecular weight excluding hydrogens is 304 g/mol. The fraction of sp³-hybridized carbons (Fsp3) is 0.467. The molecule has 118 valence electrons. The standard InChI is InChI=1S/C15H18N2O4S/c1-17(10-6-7-22(20,21)9-10)15(19)12-8-14(18)16-13-5-3-2-4-11(12)13/h2-5,10,12H,6-9H2,1H3,(H,16,18)/t10-,12+/m1/s1. The van der Waals surface area contributed by atoms with Crippen LogP contribution >= 0.6 is 0 Å². The van der Waals surface area contributed by atoms with E-state index < -0.39 is 15.8 Å². The Morgan fingerprint density at radius 2 is 2.05 bits per heavy atom. The number of rotatable bonds is 2. The van der Waals surface area contributed by atoms with Crippen LogP contribution in [0.2, 0.25) is 0 Å². The number of anilines is 1. The monoisotopic (exact) mass is 322 g/mol. The molecule has 2 heterocycles. The third kappa shape index (κ3) is 2.72. The van der Waals surface area contributed by atoms with Gasteiger partial charge in [-0.05, 0) is 18.1 Å². The van der Waals surface area contributed by atoms with Crippen molar-refractivity contribution in [3.8, 4) is 0 Å². The second-order valence-electron chi connectivity index (χ2n) is 5.90. The van der Waals surface area contributed by atoms with Gasteiger partial charge in [0.15, 0.2) is 9.84 Å². The van der Waals surface area contributed by atoms with Gasteiger partial charge in [0.2, 0.25) is 11.8 Å². The molecule has 2 aliphatic rings. The molecule has 1 N–H and O–H groups in total. The van der Waals surface area contributed by atoms with Crippen molar-refractivity contribution < 1.29 is 18.0 Å². The van der Waals surface area contributed by atoms with Crippen LogP contribution in [0.3, 0.4) is 0 Å². The van der Waals surface area contributed by atoms with E-state index in [1.54, 1.807) is 19.2 Å². The number of amides is 2. The number of carbonyl (C=O) groups excluding carboxylic acids is 2. The summed E-state index contributed by atoms with van der Waals surface area (Å²) in [5.41, 5.74) is 1.45. The van der Waals surface area contributed by atoms with E-state index in [0.717, 1.165) is 5.56 Å². The molecule has 1 aromatic rings. The Morgan fingerprint density at radius 3 is 2.73 bits per heavy atom. The third-order valence-electron chi connectivity index (χ3n) is 4.40. The minimum Gasteiger partial charge on any atom is -0.341 e.